The third-order valence-electron chi connectivity index (χ3n) is 2.54. The normalized spacial score (nSPS) is 12.6. The van der Waals surface area contributed by atoms with Gasteiger partial charge < -0.3 is 14.8 Å². The van der Waals surface area contributed by atoms with Crippen LogP contribution in [0.15, 0.2) is 18.2 Å². The first-order valence-electron chi connectivity index (χ1n) is 5.61. The average Bonchev–Trinajstić information content (AvgIpc) is 2.29. The average molecular weight is 255 g/mol. The molecule has 1 aromatic carbocycles. The standard InChI is InChI=1S/C13H18FNO3/c1-8-5-10(7-11(14)6-8)12(16)15-9(2)13(17-3)18-4/h5-7,9,13H,1-4H3,(H,15,16). The third-order valence-corrected chi connectivity index (χ3v) is 2.54. The Bertz CT molecular complexity index is 398. The van der Waals surface area contributed by atoms with Gasteiger partial charge in [-0.2, -0.15) is 0 Å². The van der Waals surface area contributed by atoms with E-state index in [2.05, 4.69) is 5.32 Å². The minimum atomic E-state index is -0.538. The lowest BCUT2D eigenvalue weighted by atomic mass is 10.1. The third kappa shape index (κ3) is 3.78. The topological polar surface area (TPSA) is 47.6 Å². The first-order valence-corrected chi connectivity index (χ1v) is 5.61. The zero-order valence-electron chi connectivity index (χ0n) is 11.0. The molecule has 0 aliphatic heterocycles. The van der Waals surface area contributed by atoms with Crippen LogP contribution in [0, 0.1) is 12.7 Å². The minimum absolute atomic E-state index is 0.283. The van der Waals surface area contributed by atoms with Crippen molar-refractivity contribution in [2.75, 3.05) is 14.2 Å². The van der Waals surface area contributed by atoms with Crippen LogP contribution in [0.4, 0.5) is 4.39 Å². The highest BCUT2D eigenvalue weighted by Crippen LogP contribution is 2.09. The number of nitrogens with one attached hydrogen (secondary N) is 1. The second-order valence-electron chi connectivity index (χ2n) is 4.12. The van der Waals surface area contributed by atoms with E-state index >= 15 is 0 Å². The maximum Gasteiger partial charge on any atom is 0.251 e. The van der Waals surface area contributed by atoms with Crippen LogP contribution in [0.1, 0.15) is 22.8 Å². The number of rotatable bonds is 5. The zero-order valence-corrected chi connectivity index (χ0v) is 11.0. The summed E-state index contributed by atoms with van der Waals surface area (Å²) >= 11 is 0. The SMILES string of the molecule is COC(OC)C(C)NC(=O)c1cc(C)cc(F)c1. The van der Waals surface area contributed by atoms with Crippen molar-refractivity contribution in [3.05, 3.63) is 35.1 Å². The predicted octanol–water partition coefficient (Wildman–Crippen LogP) is 1.87. The van der Waals surface area contributed by atoms with Crippen molar-refractivity contribution in [1.29, 1.82) is 0 Å². The molecule has 1 amide bonds. The first kappa shape index (κ1) is 14.6. The molecule has 0 aliphatic rings. The molecular formula is C13H18FNO3. The molecule has 1 rings (SSSR count). The monoisotopic (exact) mass is 255 g/mol. The van der Waals surface area contributed by atoms with Crippen LogP contribution in [0.5, 0.6) is 0 Å². The molecule has 18 heavy (non-hydrogen) atoms. The Balaban J connectivity index is 2.76. The van der Waals surface area contributed by atoms with Gasteiger partial charge in [0.05, 0.1) is 6.04 Å². The predicted molar refractivity (Wildman–Crippen MR) is 65.9 cm³/mol. The smallest absolute Gasteiger partial charge is 0.251 e. The van der Waals surface area contributed by atoms with Crippen molar-refractivity contribution in [3.8, 4) is 0 Å². The summed E-state index contributed by atoms with van der Waals surface area (Å²) in [5.74, 6) is -0.785. The number of carbonyl (C=O) groups excluding carboxylic acids is 1. The highest BCUT2D eigenvalue weighted by Gasteiger charge is 2.19. The van der Waals surface area contributed by atoms with Crippen molar-refractivity contribution in [2.45, 2.75) is 26.2 Å². The summed E-state index contributed by atoms with van der Waals surface area (Å²) in [4.78, 5) is 11.9. The van der Waals surface area contributed by atoms with Crippen molar-refractivity contribution in [2.24, 2.45) is 0 Å². The van der Waals surface area contributed by atoms with Gasteiger partial charge in [-0.1, -0.05) is 0 Å². The summed E-state index contributed by atoms with van der Waals surface area (Å²) in [5.41, 5.74) is 0.980. The van der Waals surface area contributed by atoms with Crippen molar-refractivity contribution in [3.63, 3.8) is 0 Å². The van der Waals surface area contributed by atoms with E-state index in [-0.39, 0.29) is 17.5 Å². The van der Waals surface area contributed by atoms with Gasteiger partial charge in [0.25, 0.3) is 5.91 Å². The number of hydrogen-bond donors (Lipinski definition) is 1. The van der Waals surface area contributed by atoms with Crippen LogP contribution in [0.25, 0.3) is 0 Å². The molecule has 0 fully saturated rings. The van der Waals surface area contributed by atoms with E-state index < -0.39 is 12.1 Å². The zero-order chi connectivity index (χ0) is 13.7. The lowest BCUT2D eigenvalue weighted by Gasteiger charge is -2.22. The van der Waals surface area contributed by atoms with Crippen LogP contribution in [0.2, 0.25) is 0 Å². The Kier molecular flexibility index (Phi) is 5.25. The number of carbonyl (C=O) groups is 1. The summed E-state index contributed by atoms with van der Waals surface area (Å²) in [7, 11) is 2.98. The maximum atomic E-state index is 13.2. The second-order valence-corrected chi connectivity index (χ2v) is 4.12. The molecular weight excluding hydrogens is 237 g/mol. The van der Waals surface area contributed by atoms with E-state index in [4.69, 9.17) is 9.47 Å². The molecule has 0 bridgehead atoms. The molecule has 100 valence electrons. The molecule has 0 saturated heterocycles. The van der Waals surface area contributed by atoms with Crippen molar-refractivity contribution in [1.82, 2.24) is 5.32 Å². The highest BCUT2D eigenvalue weighted by atomic mass is 19.1. The highest BCUT2D eigenvalue weighted by molar-refractivity contribution is 5.94. The molecule has 1 aromatic rings. The van der Waals surface area contributed by atoms with Gasteiger partial charge in [-0.25, -0.2) is 4.39 Å². The number of ether oxygens (including phenoxy) is 2. The summed E-state index contributed by atoms with van der Waals surface area (Å²) < 4.78 is 23.3. The van der Waals surface area contributed by atoms with Gasteiger partial charge >= 0.3 is 0 Å². The molecule has 0 aromatic heterocycles. The Morgan fingerprint density at radius 1 is 1.28 bits per heavy atom. The number of amides is 1. The van der Waals surface area contributed by atoms with Gasteiger partial charge in [0.15, 0.2) is 6.29 Å². The Labute approximate surface area is 106 Å². The minimum Gasteiger partial charge on any atom is -0.354 e. The largest absolute Gasteiger partial charge is 0.354 e. The first-order chi connectivity index (χ1) is 8.47. The number of methoxy groups -OCH3 is 2. The van der Waals surface area contributed by atoms with Gasteiger partial charge in [0, 0.05) is 19.8 Å². The fraction of sp³-hybridized carbons (Fsp3) is 0.462. The molecule has 1 N–H and O–H groups in total. The molecule has 5 heteroatoms. The van der Waals surface area contributed by atoms with Gasteiger partial charge in [-0.05, 0) is 37.6 Å². The van der Waals surface area contributed by atoms with Crippen LogP contribution >= 0.6 is 0 Å². The quantitative estimate of drug-likeness (QED) is 0.817. The van der Waals surface area contributed by atoms with Crippen LogP contribution in [0.3, 0.4) is 0 Å². The van der Waals surface area contributed by atoms with E-state index in [0.717, 1.165) is 0 Å². The van der Waals surface area contributed by atoms with E-state index in [0.29, 0.717) is 5.56 Å². The molecule has 0 saturated carbocycles. The van der Waals surface area contributed by atoms with E-state index in [1.54, 1.807) is 19.9 Å². The Morgan fingerprint density at radius 2 is 1.89 bits per heavy atom. The van der Waals surface area contributed by atoms with E-state index in [9.17, 15) is 9.18 Å². The summed E-state index contributed by atoms with van der Waals surface area (Å²) in [6.07, 6.45) is -0.538. The van der Waals surface area contributed by atoms with Gasteiger partial charge in [-0.15, -0.1) is 0 Å². The van der Waals surface area contributed by atoms with Gasteiger partial charge in [0.2, 0.25) is 0 Å². The van der Waals surface area contributed by atoms with Gasteiger partial charge in [-0.3, -0.25) is 4.79 Å². The molecule has 4 nitrogen and oxygen atoms in total. The van der Waals surface area contributed by atoms with Crippen molar-refractivity contribution >= 4 is 5.91 Å². The molecule has 0 aliphatic carbocycles. The van der Waals surface area contributed by atoms with Crippen LogP contribution in [-0.4, -0.2) is 32.5 Å². The Hall–Kier alpha value is -1.46. The number of benzene rings is 1. The number of halogens is 1. The summed E-state index contributed by atoms with van der Waals surface area (Å²) in [5, 5.41) is 2.70. The molecule has 0 spiro atoms. The summed E-state index contributed by atoms with van der Waals surface area (Å²) in [6.45, 7) is 3.48. The van der Waals surface area contributed by atoms with Crippen molar-refractivity contribution < 1.29 is 18.7 Å². The summed E-state index contributed by atoms with van der Waals surface area (Å²) in [6, 6.07) is 3.85. The fourth-order valence-electron chi connectivity index (χ4n) is 1.73. The van der Waals surface area contributed by atoms with E-state index in [1.807, 2.05) is 0 Å². The van der Waals surface area contributed by atoms with Crippen LogP contribution in [-0.2, 0) is 9.47 Å². The fourth-order valence-corrected chi connectivity index (χ4v) is 1.73. The molecule has 1 unspecified atom stereocenters. The second kappa shape index (κ2) is 6.47. The lowest BCUT2D eigenvalue weighted by molar-refractivity contribution is -0.117. The maximum absolute atomic E-state index is 13.2. The number of hydrogen-bond acceptors (Lipinski definition) is 3. The molecule has 1 atom stereocenters. The Morgan fingerprint density at radius 3 is 2.39 bits per heavy atom. The molecule has 0 heterocycles. The number of aryl methyl sites for hydroxylation is 1. The van der Waals surface area contributed by atoms with E-state index in [1.165, 1.54) is 26.4 Å². The van der Waals surface area contributed by atoms with Crippen LogP contribution < -0.4 is 5.32 Å². The lowest BCUT2D eigenvalue weighted by Crippen LogP contribution is -2.43. The van der Waals surface area contributed by atoms with Gasteiger partial charge in [0.1, 0.15) is 5.82 Å². The molecule has 0 radical (unpaired) electrons.